The summed E-state index contributed by atoms with van der Waals surface area (Å²) in [6, 6.07) is 12.0. The number of rotatable bonds is 9. The Morgan fingerprint density at radius 1 is 1.21 bits per heavy atom. The molecule has 3 rings (SSSR count). The van der Waals surface area contributed by atoms with Gasteiger partial charge in [0.1, 0.15) is 5.75 Å². The van der Waals surface area contributed by atoms with Gasteiger partial charge in [0.05, 0.1) is 12.6 Å². The number of benzene rings is 1. The molecule has 2 heterocycles. The number of amides is 1. The summed E-state index contributed by atoms with van der Waals surface area (Å²) in [5, 5.41) is 5.27. The average molecular weight is 423 g/mol. The van der Waals surface area contributed by atoms with Crippen LogP contribution in [-0.2, 0) is 0 Å². The molecule has 28 heavy (non-hydrogen) atoms. The highest BCUT2D eigenvalue weighted by Gasteiger charge is 2.23. The SMILES string of the molecule is CCCCOc1cccc(C(=O)NCC(c2cccs2)N2CCCCC2)c1.Cl. The fourth-order valence-electron chi connectivity index (χ4n) is 3.47. The first kappa shape index (κ1) is 22.7. The first-order valence-electron chi connectivity index (χ1n) is 10.1. The molecule has 1 atom stereocenters. The van der Waals surface area contributed by atoms with Crippen molar-refractivity contribution in [3.63, 3.8) is 0 Å². The van der Waals surface area contributed by atoms with Gasteiger partial charge in [-0.15, -0.1) is 23.7 Å². The molecule has 0 bridgehead atoms. The molecule has 1 aliphatic heterocycles. The zero-order valence-electron chi connectivity index (χ0n) is 16.6. The molecule has 1 saturated heterocycles. The second-order valence-corrected chi connectivity index (χ2v) is 8.05. The summed E-state index contributed by atoms with van der Waals surface area (Å²) in [6.07, 6.45) is 5.92. The van der Waals surface area contributed by atoms with Crippen LogP contribution < -0.4 is 10.1 Å². The zero-order valence-corrected chi connectivity index (χ0v) is 18.2. The maximum atomic E-state index is 12.7. The molecule has 6 heteroatoms. The number of likely N-dealkylation sites (tertiary alicyclic amines) is 1. The topological polar surface area (TPSA) is 41.6 Å². The molecular weight excluding hydrogens is 392 g/mol. The maximum absolute atomic E-state index is 12.7. The summed E-state index contributed by atoms with van der Waals surface area (Å²) in [5.41, 5.74) is 0.660. The molecule has 1 fully saturated rings. The predicted molar refractivity (Wildman–Crippen MR) is 119 cm³/mol. The van der Waals surface area contributed by atoms with Gasteiger partial charge in [-0.2, -0.15) is 0 Å². The van der Waals surface area contributed by atoms with Crippen LogP contribution in [0.2, 0.25) is 0 Å². The monoisotopic (exact) mass is 422 g/mol. The van der Waals surface area contributed by atoms with Crippen molar-refractivity contribution in [3.05, 3.63) is 52.2 Å². The third kappa shape index (κ3) is 6.50. The third-order valence-corrected chi connectivity index (χ3v) is 6.00. The molecule has 0 aliphatic carbocycles. The molecule has 1 amide bonds. The molecule has 0 radical (unpaired) electrons. The summed E-state index contributed by atoms with van der Waals surface area (Å²) >= 11 is 1.77. The van der Waals surface area contributed by atoms with Gasteiger partial charge < -0.3 is 10.1 Å². The molecule has 0 saturated carbocycles. The number of nitrogens with zero attached hydrogens (tertiary/aromatic N) is 1. The minimum atomic E-state index is -0.0329. The van der Waals surface area contributed by atoms with E-state index in [1.165, 1.54) is 24.1 Å². The van der Waals surface area contributed by atoms with Crippen molar-refractivity contribution in [2.24, 2.45) is 0 Å². The van der Waals surface area contributed by atoms with Crippen LogP contribution in [-0.4, -0.2) is 37.0 Å². The van der Waals surface area contributed by atoms with Crippen LogP contribution in [0.4, 0.5) is 0 Å². The van der Waals surface area contributed by atoms with E-state index < -0.39 is 0 Å². The van der Waals surface area contributed by atoms with E-state index in [0.717, 1.165) is 31.7 Å². The first-order valence-corrected chi connectivity index (χ1v) is 10.9. The van der Waals surface area contributed by atoms with Crippen LogP contribution in [0.25, 0.3) is 0 Å². The number of nitrogens with one attached hydrogen (secondary N) is 1. The van der Waals surface area contributed by atoms with E-state index in [-0.39, 0.29) is 24.4 Å². The largest absolute Gasteiger partial charge is 0.494 e. The van der Waals surface area contributed by atoms with Crippen LogP contribution in [0.3, 0.4) is 0 Å². The lowest BCUT2D eigenvalue weighted by Gasteiger charge is -2.34. The second kappa shape index (κ2) is 12.1. The molecule has 1 N–H and O–H groups in total. The normalized spacial score (nSPS) is 15.5. The summed E-state index contributed by atoms with van der Waals surface area (Å²) in [6.45, 7) is 5.69. The standard InChI is InChI=1S/C22H30N2O2S.ClH/c1-2-3-14-26-19-10-7-9-18(16-19)22(25)23-17-20(21-11-8-15-27-21)24-12-5-4-6-13-24;/h7-11,15-16,20H,2-6,12-14,17H2,1H3,(H,23,25);1H. The van der Waals surface area contributed by atoms with Gasteiger partial charge in [0.15, 0.2) is 0 Å². The number of hydrogen-bond donors (Lipinski definition) is 1. The quantitative estimate of drug-likeness (QED) is 0.557. The fraction of sp³-hybridized carbons (Fsp3) is 0.500. The van der Waals surface area contributed by atoms with E-state index in [1.54, 1.807) is 11.3 Å². The van der Waals surface area contributed by atoms with Crippen LogP contribution >= 0.6 is 23.7 Å². The van der Waals surface area contributed by atoms with Crippen LogP contribution in [0.15, 0.2) is 41.8 Å². The Labute approximate surface area is 178 Å². The van der Waals surface area contributed by atoms with Crippen molar-refractivity contribution in [2.45, 2.75) is 45.1 Å². The molecule has 154 valence electrons. The Morgan fingerprint density at radius 3 is 2.75 bits per heavy atom. The van der Waals surface area contributed by atoms with E-state index >= 15 is 0 Å². The average Bonchev–Trinajstić information content (AvgIpc) is 3.24. The van der Waals surface area contributed by atoms with E-state index in [2.05, 4.69) is 34.7 Å². The number of carbonyl (C=O) groups is 1. The molecular formula is C22H31ClN2O2S. The van der Waals surface area contributed by atoms with Gasteiger partial charge in [-0.3, -0.25) is 9.69 Å². The molecule has 1 aliphatic rings. The Bertz CT molecular complexity index is 702. The second-order valence-electron chi connectivity index (χ2n) is 7.07. The van der Waals surface area contributed by atoms with Crippen LogP contribution in [0.5, 0.6) is 5.75 Å². The number of carbonyl (C=O) groups excluding carboxylic acids is 1. The maximum Gasteiger partial charge on any atom is 0.251 e. The molecule has 1 aromatic heterocycles. The van der Waals surface area contributed by atoms with Gasteiger partial charge >= 0.3 is 0 Å². The summed E-state index contributed by atoms with van der Waals surface area (Å²) < 4.78 is 5.73. The van der Waals surface area contributed by atoms with E-state index in [9.17, 15) is 4.79 Å². The van der Waals surface area contributed by atoms with Crippen LogP contribution in [0, 0.1) is 0 Å². The predicted octanol–water partition coefficient (Wildman–Crippen LogP) is 5.31. The van der Waals surface area contributed by atoms with Crippen molar-refractivity contribution in [1.29, 1.82) is 0 Å². The smallest absolute Gasteiger partial charge is 0.251 e. The van der Waals surface area contributed by atoms with E-state index in [1.807, 2.05) is 24.3 Å². The van der Waals surface area contributed by atoms with Crippen molar-refractivity contribution in [3.8, 4) is 5.75 Å². The van der Waals surface area contributed by atoms with Gasteiger partial charge in [-0.05, 0) is 62.0 Å². The third-order valence-electron chi connectivity index (χ3n) is 5.02. The van der Waals surface area contributed by atoms with Gasteiger partial charge in [-0.25, -0.2) is 0 Å². The minimum Gasteiger partial charge on any atom is -0.494 e. The van der Waals surface area contributed by atoms with Gasteiger partial charge in [0, 0.05) is 17.0 Å². The Morgan fingerprint density at radius 2 is 2.04 bits per heavy atom. The number of ether oxygens (including phenoxy) is 1. The molecule has 2 aromatic rings. The number of piperidine rings is 1. The number of thiophene rings is 1. The molecule has 0 spiro atoms. The van der Waals surface area contributed by atoms with Crippen molar-refractivity contribution >= 4 is 29.7 Å². The highest BCUT2D eigenvalue weighted by atomic mass is 35.5. The van der Waals surface area contributed by atoms with Crippen molar-refractivity contribution < 1.29 is 9.53 Å². The zero-order chi connectivity index (χ0) is 18.9. The van der Waals surface area contributed by atoms with E-state index in [4.69, 9.17) is 4.74 Å². The van der Waals surface area contributed by atoms with Gasteiger partial charge in [0.25, 0.3) is 5.91 Å². The number of halogens is 1. The molecule has 1 unspecified atom stereocenters. The van der Waals surface area contributed by atoms with Crippen molar-refractivity contribution in [1.82, 2.24) is 10.2 Å². The minimum absolute atomic E-state index is 0. The molecule has 4 nitrogen and oxygen atoms in total. The van der Waals surface area contributed by atoms with Crippen LogP contribution in [0.1, 0.15) is 60.3 Å². The number of hydrogen-bond acceptors (Lipinski definition) is 4. The van der Waals surface area contributed by atoms with E-state index in [0.29, 0.717) is 18.7 Å². The lowest BCUT2D eigenvalue weighted by atomic mass is 10.1. The number of unbranched alkanes of at least 4 members (excludes halogenated alkanes) is 1. The van der Waals surface area contributed by atoms with Gasteiger partial charge in [-0.1, -0.05) is 31.9 Å². The Balaban J connectivity index is 0.00000280. The summed E-state index contributed by atoms with van der Waals surface area (Å²) in [5.74, 6) is 0.733. The lowest BCUT2D eigenvalue weighted by Crippen LogP contribution is -2.40. The fourth-order valence-corrected chi connectivity index (χ4v) is 4.33. The van der Waals surface area contributed by atoms with Gasteiger partial charge in [0.2, 0.25) is 0 Å². The lowest BCUT2D eigenvalue weighted by molar-refractivity contribution is 0.0925. The molecule has 1 aromatic carbocycles. The highest BCUT2D eigenvalue weighted by molar-refractivity contribution is 7.10. The summed E-state index contributed by atoms with van der Waals surface area (Å²) in [7, 11) is 0. The Hall–Kier alpha value is -1.56. The first-order chi connectivity index (χ1) is 13.3. The Kier molecular flexibility index (Phi) is 9.82. The van der Waals surface area contributed by atoms with Crippen molar-refractivity contribution in [2.75, 3.05) is 26.2 Å². The highest BCUT2D eigenvalue weighted by Crippen LogP contribution is 2.27. The summed E-state index contributed by atoms with van der Waals surface area (Å²) in [4.78, 5) is 16.5.